The van der Waals surface area contributed by atoms with E-state index in [1.165, 1.54) is 11.1 Å². The van der Waals surface area contributed by atoms with Gasteiger partial charge in [-0.05, 0) is 60.1 Å². The van der Waals surface area contributed by atoms with Gasteiger partial charge in [0.1, 0.15) is 36.9 Å². The van der Waals surface area contributed by atoms with Crippen LogP contribution in [0, 0.1) is 13.8 Å². The van der Waals surface area contributed by atoms with Crippen LogP contribution in [0.15, 0.2) is 36.4 Å². The van der Waals surface area contributed by atoms with Crippen molar-refractivity contribution in [2.75, 3.05) is 52.5 Å². The predicted octanol–water partition coefficient (Wildman–Crippen LogP) is 4.35. The van der Waals surface area contributed by atoms with Gasteiger partial charge in [-0.25, -0.2) is 0 Å². The lowest BCUT2D eigenvalue weighted by Crippen LogP contribution is -2.51. The zero-order valence-corrected chi connectivity index (χ0v) is 23.0. The Balaban J connectivity index is 1.37. The largest absolute Gasteiger partial charge is 0.491 e. The van der Waals surface area contributed by atoms with E-state index in [0.29, 0.717) is 24.9 Å². The first-order valence-corrected chi connectivity index (χ1v) is 13.4. The molecule has 2 N–H and O–H groups in total. The lowest BCUT2D eigenvalue weighted by molar-refractivity contribution is 0.0239. The molecular weight excluding hydrogens is 452 g/mol. The molecule has 2 atom stereocenters. The highest BCUT2D eigenvalue weighted by Crippen LogP contribution is 2.25. The molecule has 2 aromatic rings. The molecular formula is C30H46N2O4. The first kappa shape index (κ1) is 28.5. The maximum absolute atomic E-state index is 10.6. The second kappa shape index (κ2) is 13.4. The summed E-state index contributed by atoms with van der Waals surface area (Å²) in [5.74, 6) is 2.60. The van der Waals surface area contributed by atoms with Crippen molar-refractivity contribution in [2.45, 2.75) is 65.6 Å². The van der Waals surface area contributed by atoms with Gasteiger partial charge < -0.3 is 19.7 Å². The molecule has 0 radical (unpaired) electrons. The van der Waals surface area contributed by atoms with E-state index < -0.39 is 12.2 Å². The number of hydrogen-bond donors (Lipinski definition) is 2. The van der Waals surface area contributed by atoms with Crippen LogP contribution in [0.1, 0.15) is 61.8 Å². The number of rotatable bonds is 12. The van der Waals surface area contributed by atoms with Crippen molar-refractivity contribution in [3.8, 4) is 11.5 Å². The van der Waals surface area contributed by atoms with Gasteiger partial charge in [-0.3, -0.25) is 9.80 Å². The number of nitrogens with zero attached hydrogens (tertiary/aromatic N) is 2. The number of piperazine rings is 1. The number of ether oxygens (including phenoxy) is 2. The van der Waals surface area contributed by atoms with Crippen molar-refractivity contribution in [3.05, 3.63) is 58.7 Å². The Morgan fingerprint density at radius 2 is 1.03 bits per heavy atom. The van der Waals surface area contributed by atoms with Crippen LogP contribution in [0.3, 0.4) is 0 Å². The normalized spacial score (nSPS) is 16.9. The van der Waals surface area contributed by atoms with Crippen LogP contribution in [-0.4, -0.2) is 84.7 Å². The lowest BCUT2D eigenvalue weighted by Gasteiger charge is -2.36. The van der Waals surface area contributed by atoms with Gasteiger partial charge in [0.15, 0.2) is 0 Å². The van der Waals surface area contributed by atoms with E-state index in [9.17, 15) is 10.2 Å². The maximum atomic E-state index is 10.6. The first-order chi connectivity index (χ1) is 17.1. The summed E-state index contributed by atoms with van der Waals surface area (Å²) in [6, 6.07) is 12.6. The Labute approximate surface area is 217 Å². The molecule has 0 amide bonds. The van der Waals surface area contributed by atoms with Crippen LogP contribution in [0.25, 0.3) is 0 Å². The average molecular weight is 499 g/mol. The average Bonchev–Trinajstić information content (AvgIpc) is 2.84. The van der Waals surface area contributed by atoms with Crippen molar-refractivity contribution < 1.29 is 19.7 Å². The molecule has 0 unspecified atom stereocenters. The van der Waals surface area contributed by atoms with Gasteiger partial charge in [-0.2, -0.15) is 0 Å². The molecule has 0 saturated carbocycles. The summed E-state index contributed by atoms with van der Waals surface area (Å²) in [6.07, 6.45) is -1.08. The highest BCUT2D eigenvalue weighted by Gasteiger charge is 2.22. The molecule has 1 heterocycles. The fourth-order valence-electron chi connectivity index (χ4n) is 4.49. The van der Waals surface area contributed by atoms with Gasteiger partial charge in [-0.1, -0.05) is 52.0 Å². The number of aliphatic hydroxyl groups excluding tert-OH is 2. The molecule has 1 aliphatic rings. The quantitative estimate of drug-likeness (QED) is 0.454. The zero-order valence-electron chi connectivity index (χ0n) is 23.0. The second-order valence-electron chi connectivity index (χ2n) is 10.9. The van der Waals surface area contributed by atoms with E-state index in [2.05, 4.69) is 73.9 Å². The number of hydrogen-bond acceptors (Lipinski definition) is 6. The highest BCUT2D eigenvalue weighted by molar-refractivity contribution is 5.38. The molecule has 0 aromatic heterocycles. The molecule has 1 aliphatic heterocycles. The summed E-state index contributed by atoms with van der Waals surface area (Å²) < 4.78 is 11.9. The molecule has 1 saturated heterocycles. The van der Waals surface area contributed by atoms with Gasteiger partial charge in [0, 0.05) is 39.3 Å². The maximum Gasteiger partial charge on any atom is 0.122 e. The lowest BCUT2D eigenvalue weighted by atomic mass is 10.0. The summed E-state index contributed by atoms with van der Waals surface area (Å²) in [5.41, 5.74) is 4.66. The van der Waals surface area contributed by atoms with Gasteiger partial charge >= 0.3 is 0 Å². The molecule has 6 nitrogen and oxygen atoms in total. The summed E-state index contributed by atoms with van der Waals surface area (Å²) in [6.45, 7) is 18.0. The van der Waals surface area contributed by atoms with Crippen LogP contribution < -0.4 is 9.47 Å². The Morgan fingerprint density at radius 1 is 0.667 bits per heavy atom. The second-order valence-corrected chi connectivity index (χ2v) is 10.9. The smallest absolute Gasteiger partial charge is 0.122 e. The van der Waals surface area contributed by atoms with Crippen molar-refractivity contribution in [2.24, 2.45) is 0 Å². The third-order valence-corrected chi connectivity index (χ3v) is 7.02. The predicted molar refractivity (Wildman–Crippen MR) is 146 cm³/mol. The topological polar surface area (TPSA) is 65.4 Å². The fraction of sp³-hybridized carbons (Fsp3) is 0.600. The van der Waals surface area contributed by atoms with Crippen LogP contribution in [0.5, 0.6) is 11.5 Å². The third kappa shape index (κ3) is 8.48. The zero-order chi connectivity index (χ0) is 26.2. The van der Waals surface area contributed by atoms with Crippen molar-refractivity contribution in [1.29, 1.82) is 0 Å². The minimum Gasteiger partial charge on any atom is -0.491 e. The minimum absolute atomic E-state index is 0.288. The first-order valence-electron chi connectivity index (χ1n) is 13.4. The van der Waals surface area contributed by atoms with E-state index in [1.807, 2.05) is 13.8 Å². The minimum atomic E-state index is -0.539. The van der Waals surface area contributed by atoms with Crippen molar-refractivity contribution >= 4 is 0 Å². The number of aliphatic hydroxyl groups is 2. The fourth-order valence-corrected chi connectivity index (χ4v) is 4.49. The Hall–Kier alpha value is -2.12. The Bertz CT molecular complexity index is 876. The van der Waals surface area contributed by atoms with E-state index in [1.54, 1.807) is 0 Å². The van der Waals surface area contributed by atoms with Crippen LogP contribution in [0.2, 0.25) is 0 Å². The van der Waals surface area contributed by atoms with Gasteiger partial charge in [-0.15, -0.1) is 0 Å². The third-order valence-electron chi connectivity index (χ3n) is 7.02. The Morgan fingerprint density at radius 3 is 1.36 bits per heavy atom. The standard InChI is InChI=1S/C30H46N2O4/c1-21(2)25-9-7-23(5)29(15-25)35-19-27(33)17-31-11-13-32(14-12-31)18-28(34)20-36-30-16-26(22(3)4)10-8-24(30)6/h7-10,15-16,21-22,27-28,33-34H,11-14,17-20H2,1-6H3/t27-,28-/m0/s1. The monoisotopic (exact) mass is 498 g/mol. The van der Waals surface area contributed by atoms with E-state index in [4.69, 9.17) is 9.47 Å². The van der Waals surface area contributed by atoms with E-state index in [0.717, 1.165) is 48.8 Å². The summed E-state index contributed by atoms with van der Waals surface area (Å²) in [5, 5.41) is 21.1. The molecule has 3 rings (SSSR count). The van der Waals surface area contributed by atoms with Gasteiger partial charge in [0.25, 0.3) is 0 Å². The summed E-state index contributed by atoms with van der Waals surface area (Å²) in [4.78, 5) is 4.54. The number of β-amino-alcohol motifs (C(OH)–C–C–N with tert-alkyl or cyclic N) is 2. The van der Waals surface area contributed by atoms with Crippen LogP contribution in [0.4, 0.5) is 0 Å². The molecule has 200 valence electrons. The molecule has 0 bridgehead atoms. The molecule has 1 fully saturated rings. The van der Waals surface area contributed by atoms with Crippen LogP contribution >= 0.6 is 0 Å². The Kier molecular flexibility index (Phi) is 10.6. The molecule has 0 spiro atoms. The molecule has 2 aromatic carbocycles. The highest BCUT2D eigenvalue weighted by atomic mass is 16.5. The summed E-state index contributed by atoms with van der Waals surface area (Å²) >= 11 is 0. The SMILES string of the molecule is Cc1ccc(C(C)C)cc1OC[C@@H](O)CN1CCN(C[C@H](O)COc2cc(C(C)C)ccc2C)CC1. The van der Waals surface area contributed by atoms with E-state index >= 15 is 0 Å². The van der Waals surface area contributed by atoms with Gasteiger partial charge in [0.2, 0.25) is 0 Å². The van der Waals surface area contributed by atoms with Crippen LogP contribution in [-0.2, 0) is 0 Å². The summed E-state index contributed by atoms with van der Waals surface area (Å²) in [7, 11) is 0. The number of aryl methyl sites for hydroxylation is 2. The number of benzene rings is 2. The molecule has 6 heteroatoms. The van der Waals surface area contributed by atoms with Crippen molar-refractivity contribution in [1.82, 2.24) is 9.80 Å². The molecule has 0 aliphatic carbocycles. The van der Waals surface area contributed by atoms with Gasteiger partial charge in [0.05, 0.1) is 0 Å². The molecule has 36 heavy (non-hydrogen) atoms. The van der Waals surface area contributed by atoms with Crippen molar-refractivity contribution in [3.63, 3.8) is 0 Å². The van der Waals surface area contributed by atoms with E-state index in [-0.39, 0.29) is 13.2 Å².